The lowest BCUT2D eigenvalue weighted by atomic mass is 10.2. The third-order valence-electron chi connectivity index (χ3n) is 3.25. The Labute approximate surface area is 145 Å². The number of carbonyl (C=O) groups is 2. The zero-order chi connectivity index (χ0) is 18.6. The Bertz CT molecular complexity index is 819. The van der Waals surface area contributed by atoms with Gasteiger partial charge in [-0.15, -0.1) is 0 Å². The van der Waals surface area contributed by atoms with Crippen LogP contribution in [0.3, 0.4) is 0 Å². The second-order valence-electron chi connectivity index (χ2n) is 5.10. The summed E-state index contributed by atoms with van der Waals surface area (Å²) < 4.78 is 38.4. The molecule has 1 aliphatic heterocycles. The minimum Gasteiger partial charge on any atom is -0.494 e. The summed E-state index contributed by atoms with van der Waals surface area (Å²) in [5.41, 5.74) is 0.0190. The van der Waals surface area contributed by atoms with Crippen molar-refractivity contribution in [1.29, 1.82) is 0 Å². The summed E-state index contributed by atoms with van der Waals surface area (Å²) in [6.45, 7) is 5.58. The fourth-order valence-corrected chi connectivity index (χ4v) is 3.74. The van der Waals surface area contributed by atoms with Gasteiger partial charge in [0.25, 0.3) is 5.91 Å². The molecule has 1 aromatic carbocycles. The van der Waals surface area contributed by atoms with E-state index in [0.29, 0.717) is 19.0 Å². The molecule has 0 radical (unpaired) electrons. The quantitative estimate of drug-likeness (QED) is 0.747. The molecule has 2 rings (SSSR count). The maximum atomic E-state index is 12.6. The summed E-state index contributed by atoms with van der Waals surface area (Å²) in [6.07, 6.45) is 0. The Morgan fingerprint density at radius 1 is 1.20 bits per heavy atom. The summed E-state index contributed by atoms with van der Waals surface area (Å²) in [5.74, 6) is -0.224. The van der Waals surface area contributed by atoms with Gasteiger partial charge in [0.15, 0.2) is 5.25 Å². The monoisotopic (exact) mass is 369 g/mol. The lowest BCUT2D eigenvalue weighted by molar-refractivity contribution is -0.118. The summed E-state index contributed by atoms with van der Waals surface area (Å²) in [4.78, 5) is 26.6. The molecule has 10 heteroatoms. The first kappa shape index (κ1) is 18.7. The number of benzene rings is 1. The van der Waals surface area contributed by atoms with Gasteiger partial charge >= 0.3 is 6.03 Å². The number of sulfonamides is 1. The Kier molecular flexibility index (Phi) is 5.62. The van der Waals surface area contributed by atoms with Crippen molar-refractivity contribution in [3.8, 4) is 11.5 Å². The SMILES string of the molecule is CCOc1ccc(OCC)c(NS(=O)(=O)C2C(=O)NC(=O)N=C2C)c1. The Balaban J connectivity index is 2.39. The van der Waals surface area contributed by atoms with Crippen molar-refractivity contribution in [2.75, 3.05) is 17.9 Å². The van der Waals surface area contributed by atoms with Crippen molar-refractivity contribution in [3.63, 3.8) is 0 Å². The number of hydrogen-bond donors (Lipinski definition) is 2. The number of urea groups is 1. The van der Waals surface area contributed by atoms with Crippen LogP contribution in [0.25, 0.3) is 0 Å². The van der Waals surface area contributed by atoms with Crippen LogP contribution in [0.2, 0.25) is 0 Å². The van der Waals surface area contributed by atoms with E-state index in [1.807, 2.05) is 5.32 Å². The molecular weight excluding hydrogens is 350 g/mol. The predicted molar refractivity (Wildman–Crippen MR) is 91.8 cm³/mol. The minimum atomic E-state index is -4.21. The van der Waals surface area contributed by atoms with Gasteiger partial charge in [-0.2, -0.15) is 0 Å². The van der Waals surface area contributed by atoms with E-state index in [2.05, 4.69) is 9.71 Å². The number of ether oxygens (including phenoxy) is 2. The summed E-state index contributed by atoms with van der Waals surface area (Å²) >= 11 is 0. The van der Waals surface area contributed by atoms with E-state index in [9.17, 15) is 18.0 Å². The molecule has 3 amide bonds. The van der Waals surface area contributed by atoms with Gasteiger partial charge in [-0.1, -0.05) is 0 Å². The van der Waals surface area contributed by atoms with Gasteiger partial charge < -0.3 is 9.47 Å². The molecule has 1 atom stereocenters. The zero-order valence-corrected chi connectivity index (χ0v) is 14.8. The molecule has 1 aliphatic rings. The maximum absolute atomic E-state index is 12.6. The predicted octanol–water partition coefficient (Wildman–Crippen LogP) is 1.30. The number of imide groups is 1. The van der Waals surface area contributed by atoms with Crippen LogP contribution >= 0.6 is 0 Å². The van der Waals surface area contributed by atoms with Gasteiger partial charge in [0.05, 0.1) is 24.6 Å². The smallest absolute Gasteiger partial charge is 0.347 e. The molecule has 0 saturated heterocycles. The first-order chi connectivity index (χ1) is 11.8. The molecule has 1 heterocycles. The highest BCUT2D eigenvalue weighted by Gasteiger charge is 2.39. The lowest BCUT2D eigenvalue weighted by Gasteiger charge is -2.21. The van der Waals surface area contributed by atoms with Crippen LogP contribution in [0.4, 0.5) is 10.5 Å². The molecule has 136 valence electrons. The second-order valence-corrected chi connectivity index (χ2v) is 6.86. The fraction of sp³-hybridized carbons (Fsp3) is 0.400. The average Bonchev–Trinajstić information content (AvgIpc) is 2.48. The topological polar surface area (TPSA) is 123 Å². The number of nitrogens with one attached hydrogen (secondary N) is 2. The van der Waals surface area contributed by atoms with Crippen LogP contribution in [0.15, 0.2) is 23.2 Å². The molecule has 0 fully saturated rings. The summed E-state index contributed by atoms with van der Waals surface area (Å²) in [5, 5.41) is 0.267. The molecular formula is C15H19N3O6S. The minimum absolute atomic E-state index is 0.111. The van der Waals surface area contributed by atoms with E-state index in [4.69, 9.17) is 9.47 Å². The Morgan fingerprint density at radius 3 is 2.48 bits per heavy atom. The highest BCUT2D eigenvalue weighted by Crippen LogP contribution is 2.31. The van der Waals surface area contributed by atoms with Crippen LogP contribution < -0.4 is 19.5 Å². The Hall–Kier alpha value is -2.62. The van der Waals surface area contributed by atoms with Gasteiger partial charge in [0.2, 0.25) is 10.0 Å². The fourth-order valence-electron chi connectivity index (χ4n) is 2.31. The van der Waals surface area contributed by atoms with Crippen molar-refractivity contribution in [1.82, 2.24) is 5.32 Å². The number of nitrogens with zero attached hydrogens (tertiary/aromatic N) is 1. The van der Waals surface area contributed by atoms with Gasteiger partial charge in [0.1, 0.15) is 11.5 Å². The van der Waals surface area contributed by atoms with E-state index in [0.717, 1.165) is 0 Å². The summed E-state index contributed by atoms with van der Waals surface area (Å²) in [7, 11) is -4.21. The first-order valence-electron chi connectivity index (χ1n) is 7.59. The molecule has 0 saturated carbocycles. The molecule has 2 N–H and O–H groups in total. The normalized spacial score (nSPS) is 17.6. The average molecular weight is 369 g/mol. The largest absolute Gasteiger partial charge is 0.494 e. The van der Waals surface area contributed by atoms with Crippen molar-refractivity contribution in [2.45, 2.75) is 26.0 Å². The molecule has 0 aliphatic carbocycles. The Morgan fingerprint density at radius 2 is 1.88 bits per heavy atom. The number of amides is 3. The van der Waals surface area contributed by atoms with Crippen LogP contribution in [0, 0.1) is 0 Å². The van der Waals surface area contributed by atoms with Crippen molar-refractivity contribution in [3.05, 3.63) is 18.2 Å². The number of aliphatic imine (C=N–C) groups is 1. The highest BCUT2D eigenvalue weighted by atomic mass is 32.2. The van der Waals surface area contributed by atoms with Crippen LogP contribution in [-0.4, -0.2) is 44.5 Å². The number of rotatable bonds is 7. The number of carbonyl (C=O) groups excluding carboxylic acids is 2. The van der Waals surface area contributed by atoms with Crippen LogP contribution in [0.1, 0.15) is 20.8 Å². The molecule has 0 bridgehead atoms. The third-order valence-corrected chi connectivity index (χ3v) is 4.93. The molecule has 1 unspecified atom stereocenters. The molecule has 9 nitrogen and oxygen atoms in total. The zero-order valence-electron chi connectivity index (χ0n) is 14.0. The van der Waals surface area contributed by atoms with Gasteiger partial charge in [-0.25, -0.2) is 18.2 Å². The first-order valence-corrected chi connectivity index (χ1v) is 9.14. The molecule has 1 aromatic rings. The van der Waals surface area contributed by atoms with E-state index in [1.165, 1.54) is 13.0 Å². The van der Waals surface area contributed by atoms with Gasteiger partial charge in [0, 0.05) is 6.07 Å². The number of hydrogen-bond acceptors (Lipinski definition) is 6. The highest BCUT2D eigenvalue weighted by molar-refractivity contribution is 7.94. The second kappa shape index (κ2) is 7.51. The van der Waals surface area contributed by atoms with Crippen LogP contribution in [-0.2, 0) is 14.8 Å². The van der Waals surface area contributed by atoms with Gasteiger partial charge in [-0.05, 0) is 32.9 Å². The standard InChI is InChI=1S/C15H19N3O6S/c1-4-23-10-6-7-12(24-5-2)11(8-10)18-25(21,22)13-9(3)16-15(20)17-14(13)19/h6-8,13,18H,4-5H2,1-3H3,(H,17,19,20). The maximum Gasteiger partial charge on any atom is 0.347 e. The van der Waals surface area contributed by atoms with E-state index >= 15 is 0 Å². The number of anilines is 1. The molecule has 0 aromatic heterocycles. The lowest BCUT2D eigenvalue weighted by Crippen LogP contribution is -2.51. The van der Waals surface area contributed by atoms with Crippen LogP contribution in [0.5, 0.6) is 11.5 Å². The molecule has 0 spiro atoms. The molecule has 25 heavy (non-hydrogen) atoms. The van der Waals surface area contributed by atoms with Gasteiger partial charge in [-0.3, -0.25) is 14.8 Å². The third kappa shape index (κ3) is 4.27. The van der Waals surface area contributed by atoms with Crippen molar-refractivity contribution in [2.24, 2.45) is 4.99 Å². The van der Waals surface area contributed by atoms with E-state index < -0.39 is 27.2 Å². The van der Waals surface area contributed by atoms with Crippen molar-refractivity contribution < 1.29 is 27.5 Å². The summed E-state index contributed by atoms with van der Waals surface area (Å²) in [6, 6.07) is 3.79. The van der Waals surface area contributed by atoms with Crippen molar-refractivity contribution >= 4 is 33.4 Å². The van der Waals surface area contributed by atoms with E-state index in [1.54, 1.807) is 26.0 Å². The van der Waals surface area contributed by atoms with E-state index in [-0.39, 0.29) is 17.1 Å².